The van der Waals surface area contributed by atoms with Crippen molar-refractivity contribution in [1.82, 2.24) is 19.7 Å². The molecule has 7 nitrogen and oxygen atoms in total. The van der Waals surface area contributed by atoms with Gasteiger partial charge >= 0.3 is 12.1 Å². The first-order valence-corrected chi connectivity index (χ1v) is 8.95. The lowest BCUT2D eigenvalue weighted by Gasteiger charge is -2.10. The van der Waals surface area contributed by atoms with Gasteiger partial charge in [-0.3, -0.25) is 4.79 Å². The molecule has 0 aliphatic rings. The number of carbonyl (C=O) groups is 1. The Labute approximate surface area is 172 Å². The van der Waals surface area contributed by atoms with Gasteiger partial charge in [0.15, 0.2) is 6.61 Å². The van der Waals surface area contributed by atoms with Crippen LogP contribution in [0.5, 0.6) is 0 Å². The van der Waals surface area contributed by atoms with Gasteiger partial charge in [-0.1, -0.05) is 28.9 Å². The number of nitrogens with zero attached hydrogens (tertiary/aromatic N) is 4. The molecule has 4 rings (SSSR count). The molecule has 0 atom stereocenters. The van der Waals surface area contributed by atoms with E-state index < -0.39 is 24.5 Å². The number of fused-ring (bicyclic) bond motifs is 1. The lowest BCUT2D eigenvalue weighted by molar-refractivity contribution is -0.151. The fraction of sp³-hybridized carbons (Fsp3) is 0.158. The van der Waals surface area contributed by atoms with E-state index >= 15 is 0 Å². The standard InChI is InChI=1S/C19H12ClF3N4O3/c20-12-7-5-11(6-8-12)17-25-15(30-26-17)10-29-16(28)9-27-14-4-2-1-3-13(14)24-18(27)19(21,22)23/h1-8H,9-10H2. The average Bonchev–Trinajstić information content (AvgIpc) is 3.32. The van der Waals surface area contributed by atoms with E-state index in [9.17, 15) is 18.0 Å². The fourth-order valence-electron chi connectivity index (χ4n) is 2.80. The second-order valence-corrected chi connectivity index (χ2v) is 6.62. The number of carbonyl (C=O) groups excluding carboxylic acids is 1. The normalized spacial score (nSPS) is 11.7. The number of alkyl halides is 3. The molecule has 0 N–H and O–H groups in total. The molecule has 0 fully saturated rings. The summed E-state index contributed by atoms with van der Waals surface area (Å²) in [6.45, 7) is -1.05. The maximum atomic E-state index is 13.3. The molecular weight excluding hydrogens is 425 g/mol. The number of halogens is 4. The van der Waals surface area contributed by atoms with Gasteiger partial charge in [-0.15, -0.1) is 0 Å². The van der Waals surface area contributed by atoms with Crippen LogP contribution in [0.3, 0.4) is 0 Å². The predicted octanol–water partition coefficient (Wildman–Crippen LogP) is 4.50. The summed E-state index contributed by atoms with van der Waals surface area (Å²) < 4.78 is 50.7. The van der Waals surface area contributed by atoms with Crippen LogP contribution in [0, 0.1) is 0 Å². The summed E-state index contributed by atoms with van der Waals surface area (Å²) in [5, 5.41) is 4.32. The highest BCUT2D eigenvalue weighted by atomic mass is 35.5. The van der Waals surface area contributed by atoms with Gasteiger partial charge in [-0.25, -0.2) is 4.98 Å². The number of para-hydroxylation sites is 2. The molecule has 0 saturated heterocycles. The number of esters is 1. The lowest BCUT2D eigenvalue weighted by Crippen LogP contribution is -2.20. The smallest absolute Gasteiger partial charge is 0.449 e. The Kier molecular flexibility index (Phi) is 5.17. The third kappa shape index (κ3) is 4.13. The zero-order valence-corrected chi connectivity index (χ0v) is 15.8. The van der Waals surface area contributed by atoms with Crippen LogP contribution in [-0.2, 0) is 28.9 Å². The van der Waals surface area contributed by atoms with Crippen LogP contribution in [0.4, 0.5) is 13.2 Å². The molecule has 0 bridgehead atoms. The molecule has 11 heteroatoms. The maximum Gasteiger partial charge on any atom is 0.449 e. The quantitative estimate of drug-likeness (QED) is 0.428. The Hall–Kier alpha value is -3.40. The van der Waals surface area contributed by atoms with Crippen molar-refractivity contribution in [1.29, 1.82) is 0 Å². The first-order chi connectivity index (χ1) is 14.3. The van der Waals surface area contributed by atoms with Gasteiger partial charge in [0.2, 0.25) is 11.6 Å². The molecule has 0 amide bonds. The van der Waals surface area contributed by atoms with Crippen molar-refractivity contribution >= 4 is 28.6 Å². The maximum absolute atomic E-state index is 13.3. The first kappa shape index (κ1) is 19.9. The van der Waals surface area contributed by atoms with E-state index in [1.165, 1.54) is 12.1 Å². The van der Waals surface area contributed by atoms with E-state index in [1.807, 2.05) is 0 Å². The van der Waals surface area contributed by atoms with E-state index in [2.05, 4.69) is 15.1 Å². The minimum atomic E-state index is -4.72. The highest BCUT2D eigenvalue weighted by Crippen LogP contribution is 2.31. The van der Waals surface area contributed by atoms with E-state index in [0.717, 1.165) is 4.57 Å². The zero-order valence-electron chi connectivity index (χ0n) is 15.1. The minimum Gasteiger partial charge on any atom is -0.454 e. The summed E-state index contributed by atoms with van der Waals surface area (Å²) in [5.41, 5.74) is 0.937. The summed E-state index contributed by atoms with van der Waals surface area (Å²) >= 11 is 5.82. The molecule has 154 valence electrons. The van der Waals surface area contributed by atoms with Crippen molar-refractivity contribution in [2.24, 2.45) is 0 Å². The van der Waals surface area contributed by atoms with Gasteiger partial charge in [0.25, 0.3) is 5.89 Å². The van der Waals surface area contributed by atoms with E-state index in [1.54, 1.807) is 36.4 Å². The van der Waals surface area contributed by atoms with Crippen LogP contribution in [0.25, 0.3) is 22.4 Å². The second-order valence-electron chi connectivity index (χ2n) is 6.19. The number of aromatic nitrogens is 4. The topological polar surface area (TPSA) is 83.0 Å². The number of ether oxygens (including phenoxy) is 1. The first-order valence-electron chi connectivity index (χ1n) is 8.58. The molecule has 0 aliphatic heterocycles. The summed E-state index contributed by atoms with van der Waals surface area (Å²) in [6, 6.07) is 12.7. The van der Waals surface area contributed by atoms with Crippen LogP contribution in [-0.4, -0.2) is 25.7 Å². The molecule has 0 spiro atoms. The van der Waals surface area contributed by atoms with Crippen LogP contribution < -0.4 is 0 Å². The van der Waals surface area contributed by atoms with Gasteiger partial charge in [-0.05, 0) is 36.4 Å². The van der Waals surface area contributed by atoms with E-state index in [4.69, 9.17) is 20.9 Å². The number of benzene rings is 2. The molecule has 2 heterocycles. The van der Waals surface area contributed by atoms with Crippen molar-refractivity contribution < 1.29 is 27.2 Å². The molecule has 2 aromatic carbocycles. The highest BCUT2D eigenvalue weighted by Gasteiger charge is 2.38. The molecule has 30 heavy (non-hydrogen) atoms. The van der Waals surface area contributed by atoms with E-state index in [0.29, 0.717) is 10.6 Å². The van der Waals surface area contributed by atoms with Crippen molar-refractivity contribution in [3.63, 3.8) is 0 Å². The number of hydrogen-bond donors (Lipinski definition) is 0. The lowest BCUT2D eigenvalue weighted by atomic mass is 10.2. The monoisotopic (exact) mass is 436 g/mol. The molecule has 0 radical (unpaired) electrons. The number of imidazole rings is 1. The molecule has 0 unspecified atom stereocenters. The Bertz CT molecular complexity index is 1200. The highest BCUT2D eigenvalue weighted by molar-refractivity contribution is 6.30. The largest absolute Gasteiger partial charge is 0.454 e. The van der Waals surface area contributed by atoms with Gasteiger partial charge in [-0.2, -0.15) is 18.2 Å². The van der Waals surface area contributed by atoms with Crippen LogP contribution in [0.1, 0.15) is 11.7 Å². The van der Waals surface area contributed by atoms with Crippen molar-refractivity contribution in [3.8, 4) is 11.4 Å². The third-order valence-corrected chi connectivity index (χ3v) is 4.37. The summed E-state index contributed by atoms with van der Waals surface area (Å²) in [5.74, 6) is -1.82. The number of hydrogen-bond acceptors (Lipinski definition) is 6. The molecular formula is C19H12ClF3N4O3. The molecule has 4 aromatic rings. The molecule has 0 saturated carbocycles. The van der Waals surface area contributed by atoms with Crippen molar-refractivity contribution in [2.75, 3.05) is 0 Å². The SMILES string of the molecule is O=C(Cn1c(C(F)(F)F)nc2ccccc21)OCc1nc(-c2ccc(Cl)cc2)no1. The Morgan fingerprint density at radius 3 is 2.57 bits per heavy atom. The Morgan fingerprint density at radius 2 is 1.83 bits per heavy atom. The Balaban J connectivity index is 1.47. The average molecular weight is 437 g/mol. The van der Waals surface area contributed by atoms with Crippen molar-refractivity contribution in [3.05, 3.63) is 65.3 Å². The van der Waals surface area contributed by atoms with Gasteiger partial charge in [0.05, 0.1) is 11.0 Å². The van der Waals surface area contributed by atoms with E-state index in [-0.39, 0.29) is 29.4 Å². The summed E-state index contributed by atoms with van der Waals surface area (Å²) in [4.78, 5) is 19.8. The van der Waals surface area contributed by atoms with Gasteiger partial charge in [0.1, 0.15) is 6.54 Å². The second kappa shape index (κ2) is 7.79. The Morgan fingerprint density at radius 1 is 1.10 bits per heavy atom. The van der Waals surface area contributed by atoms with Crippen LogP contribution in [0.2, 0.25) is 5.02 Å². The number of rotatable bonds is 5. The van der Waals surface area contributed by atoms with Gasteiger partial charge < -0.3 is 13.8 Å². The molecule has 2 aromatic heterocycles. The summed E-state index contributed by atoms with van der Waals surface area (Å²) in [7, 11) is 0. The van der Waals surface area contributed by atoms with Crippen LogP contribution >= 0.6 is 11.6 Å². The van der Waals surface area contributed by atoms with Crippen LogP contribution in [0.15, 0.2) is 53.1 Å². The summed E-state index contributed by atoms with van der Waals surface area (Å²) in [6.07, 6.45) is -4.72. The van der Waals surface area contributed by atoms with Crippen molar-refractivity contribution in [2.45, 2.75) is 19.3 Å². The minimum absolute atomic E-state index is 0.000154. The van der Waals surface area contributed by atoms with Gasteiger partial charge in [0, 0.05) is 10.6 Å². The predicted molar refractivity (Wildman–Crippen MR) is 99.3 cm³/mol. The zero-order chi connectivity index (χ0) is 21.3. The third-order valence-electron chi connectivity index (χ3n) is 4.12. The molecule has 0 aliphatic carbocycles. The fourth-order valence-corrected chi connectivity index (χ4v) is 2.92.